The van der Waals surface area contributed by atoms with Crippen molar-refractivity contribution in [3.05, 3.63) is 52.4 Å². The van der Waals surface area contributed by atoms with Gasteiger partial charge < -0.3 is 14.6 Å². The number of nitrogens with one attached hydrogen (secondary N) is 1. The van der Waals surface area contributed by atoms with Crippen LogP contribution in [-0.2, 0) is 24.1 Å². The molecular weight excluding hydrogens is 292 g/mol. The van der Waals surface area contributed by atoms with E-state index in [0.717, 1.165) is 0 Å². The second-order valence-corrected chi connectivity index (χ2v) is 5.99. The summed E-state index contributed by atoms with van der Waals surface area (Å²) in [6, 6.07) is 6.89. The van der Waals surface area contributed by atoms with Gasteiger partial charge in [-0.2, -0.15) is 0 Å². The average molecular weight is 314 g/mol. The lowest BCUT2D eigenvalue weighted by Gasteiger charge is -2.19. The number of carbonyl (C=O) groups excluding carboxylic acids is 1. The Morgan fingerprint density at radius 2 is 2.13 bits per heavy atom. The van der Waals surface area contributed by atoms with Crippen LogP contribution in [0.5, 0.6) is 0 Å². The molecular formula is C18H22N2O3. The molecule has 1 atom stereocenters. The zero-order valence-electron chi connectivity index (χ0n) is 13.6. The Balaban J connectivity index is 1.67. The SMILES string of the molecule is COC(=O)c1cnoc1CN[C@H](C)c1ccc2c(c1)CCCC2. The minimum atomic E-state index is -0.426. The van der Waals surface area contributed by atoms with Gasteiger partial charge in [-0.1, -0.05) is 23.4 Å². The van der Waals surface area contributed by atoms with Crippen molar-refractivity contribution in [3.63, 3.8) is 0 Å². The van der Waals surface area contributed by atoms with Crippen molar-refractivity contribution < 1.29 is 14.1 Å². The zero-order chi connectivity index (χ0) is 16.2. The summed E-state index contributed by atoms with van der Waals surface area (Å²) in [5.74, 6) is 0.0751. The van der Waals surface area contributed by atoms with E-state index in [4.69, 9.17) is 9.26 Å². The molecule has 23 heavy (non-hydrogen) atoms. The maximum atomic E-state index is 11.6. The molecule has 1 aromatic heterocycles. The summed E-state index contributed by atoms with van der Waals surface area (Å²) in [6.07, 6.45) is 6.33. The Hall–Kier alpha value is -2.14. The van der Waals surface area contributed by atoms with Gasteiger partial charge in [0.05, 0.1) is 19.9 Å². The smallest absolute Gasteiger partial charge is 0.343 e. The lowest BCUT2D eigenvalue weighted by molar-refractivity contribution is 0.0598. The van der Waals surface area contributed by atoms with Crippen LogP contribution < -0.4 is 5.32 Å². The van der Waals surface area contributed by atoms with Gasteiger partial charge in [0.15, 0.2) is 5.76 Å². The minimum Gasteiger partial charge on any atom is -0.465 e. The van der Waals surface area contributed by atoms with Crippen molar-refractivity contribution >= 4 is 5.97 Å². The number of methoxy groups -OCH3 is 1. The Morgan fingerprint density at radius 3 is 2.91 bits per heavy atom. The predicted molar refractivity (Wildman–Crippen MR) is 86.2 cm³/mol. The predicted octanol–water partition coefficient (Wildman–Crippen LogP) is 3.19. The first kappa shape index (κ1) is 15.7. The highest BCUT2D eigenvalue weighted by Gasteiger charge is 2.18. The number of fused-ring (bicyclic) bond motifs is 1. The van der Waals surface area contributed by atoms with Gasteiger partial charge in [0, 0.05) is 6.04 Å². The second kappa shape index (κ2) is 6.96. The van der Waals surface area contributed by atoms with Gasteiger partial charge >= 0.3 is 5.97 Å². The number of aromatic nitrogens is 1. The number of nitrogens with zero attached hydrogens (tertiary/aromatic N) is 1. The molecule has 0 spiro atoms. The summed E-state index contributed by atoms with van der Waals surface area (Å²) in [4.78, 5) is 11.6. The van der Waals surface area contributed by atoms with Gasteiger partial charge in [-0.3, -0.25) is 0 Å². The van der Waals surface area contributed by atoms with E-state index >= 15 is 0 Å². The molecule has 1 heterocycles. The molecule has 5 nitrogen and oxygen atoms in total. The molecule has 1 aliphatic rings. The summed E-state index contributed by atoms with van der Waals surface area (Å²) < 4.78 is 9.87. The summed E-state index contributed by atoms with van der Waals surface area (Å²) in [5.41, 5.74) is 4.58. The fourth-order valence-electron chi connectivity index (χ4n) is 3.05. The molecule has 0 fully saturated rings. The van der Waals surface area contributed by atoms with Gasteiger partial charge in [0.2, 0.25) is 0 Å². The van der Waals surface area contributed by atoms with Crippen molar-refractivity contribution in [2.75, 3.05) is 7.11 Å². The van der Waals surface area contributed by atoms with E-state index in [-0.39, 0.29) is 6.04 Å². The van der Waals surface area contributed by atoms with E-state index in [1.165, 1.54) is 55.7 Å². The topological polar surface area (TPSA) is 64.4 Å². The highest BCUT2D eigenvalue weighted by molar-refractivity contribution is 5.89. The number of carbonyl (C=O) groups is 1. The van der Waals surface area contributed by atoms with Crippen LogP contribution in [0.3, 0.4) is 0 Å². The van der Waals surface area contributed by atoms with Crippen molar-refractivity contribution in [2.45, 2.75) is 45.2 Å². The van der Waals surface area contributed by atoms with Crippen LogP contribution in [0, 0.1) is 0 Å². The molecule has 0 aliphatic heterocycles. The first-order chi connectivity index (χ1) is 11.2. The lowest BCUT2D eigenvalue weighted by Crippen LogP contribution is -2.20. The van der Waals surface area contributed by atoms with Crippen LogP contribution in [0.15, 0.2) is 28.9 Å². The molecule has 2 aromatic rings. The van der Waals surface area contributed by atoms with Crippen LogP contribution >= 0.6 is 0 Å². The number of benzene rings is 1. The molecule has 1 N–H and O–H groups in total. The lowest BCUT2D eigenvalue weighted by atomic mass is 9.89. The maximum absolute atomic E-state index is 11.6. The van der Waals surface area contributed by atoms with Crippen molar-refractivity contribution in [3.8, 4) is 0 Å². The molecule has 122 valence electrons. The van der Waals surface area contributed by atoms with Gasteiger partial charge in [-0.05, 0) is 49.3 Å². The van der Waals surface area contributed by atoms with Gasteiger partial charge in [-0.25, -0.2) is 4.79 Å². The number of hydrogen-bond donors (Lipinski definition) is 1. The third-order valence-electron chi connectivity index (χ3n) is 4.49. The first-order valence-electron chi connectivity index (χ1n) is 8.06. The minimum absolute atomic E-state index is 0.165. The second-order valence-electron chi connectivity index (χ2n) is 5.99. The Labute approximate surface area is 136 Å². The zero-order valence-corrected chi connectivity index (χ0v) is 13.6. The van der Waals surface area contributed by atoms with Gasteiger partial charge in [0.1, 0.15) is 5.56 Å². The maximum Gasteiger partial charge on any atom is 0.343 e. The molecule has 5 heteroatoms. The molecule has 0 saturated carbocycles. The molecule has 0 saturated heterocycles. The number of rotatable bonds is 5. The summed E-state index contributed by atoms with van der Waals surface area (Å²) in [7, 11) is 1.35. The molecule has 1 aromatic carbocycles. The molecule has 0 bridgehead atoms. The fraction of sp³-hybridized carbons (Fsp3) is 0.444. The third-order valence-corrected chi connectivity index (χ3v) is 4.49. The molecule has 3 rings (SSSR count). The van der Waals surface area contributed by atoms with Crippen molar-refractivity contribution in [2.24, 2.45) is 0 Å². The van der Waals surface area contributed by atoms with E-state index < -0.39 is 5.97 Å². The Kier molecular flexibility index (Phi) is 4.76. The number of aryl methyl sites for hydroxylation is 2. The quantitative estimate of drug-likeness (QED) is 0.859. The van der Waals surface area contributed by atoms with Crippen LogP contribution in [0.2, 0.25) is 0 Å². The highest BCUT2D eigenvalue weighted by Crippen LogP contribution is 2.25. The number of ether oxygens (including phenoxy) is 1. The van der Waals surface area contributed by atoms with Crippen LogP contribution in [0.25, 0.3) is 0 Å². The van der Waals surface area contributed by atoms with E-state index in [0.29, 0.717) is 17.9 Å². The van der Waals surface area contributed by atoms with Gasteiger partial charge in [0.25, 0.3) is 0 Å². The van der Waals surface area contributed by atoms with Crippen LogP contribution in [0.1, 0.15) is 58.6 Å². The van der Waals surface area contributed by atoms with Crippen molar-refractivity contribution in [1.82, 2.24) is 10.5 Å². The first-order valence-corrected chi connectivity index (χ1v) is 8.06. The van der Waals surface area contributed by atoms with E-state index in [9.17, 15) is 4.79 Å². The largest absolute Gasteiger partial charge is 0.465 e. The van der Waals surface area contributed by atoms with E-state index in [1.54, 1.807) is 0 Å². The molecule has 1 aliphatic carbocycles. The monoisotopic (exact) mass is 314 g/mol. The van der Waals surface area contributed by atoms with Crippen LogP contribution in [0.4, 0.5) is 0 Å². The van der Waals surface area contributed by atoms with E-state index in [2.05, 4.69) is 35.6 Å². The molecule has 0 unspecified atom stereocenters. The average Bonchev–Trinajstić information content (AvgIpc) is 3.07. The summed E-state index contributed by atoms with van der Waals surface area (Å²) in [6.45, 7) is 2.54. The van der Waals surface area contributed by atoms with Gasteiger partial charge in [-0.15, -0.1) is 0 Å². The Morgan fingerprint density at radius 1 is 1.35 bits per heavy atom. The third kappa shape index (κ3) is 3.45. The standard InChI is InChI=1S/C18H22N2O3/c1-12(14-8-7-13-5-3-4-6-15(13)9-14)19-11-17-16(10-20-23-17)18(21)22-2/h7-10,12,19H,3-6,11H2,1-2H3/t12-/m1/s1. The molecule has 0 radical (unpaired) electrons. The van der Waals surface area contributed by atoms with E-state index in [1.807, 2.05) is 0 Å². The number of esters is 1. The Bertz CT molecular complexity index is 693. The fourth-order valence-corrected chi connectivity index (χ4v) is 3.05. The normalized spacial score (nSPS) is 15.0. The summed E-state index contributed by atoms with van der Waals surface area (Å²) in [5, 5.41) is 7.07. The van der Waals surface area contributed by atoms with Crippen molar-refractivity contribution in [1.29, 1.82) is 0 Å². The highest BCUT2D eigenvalue weighted by atomic mass is 16.5. The summed E-state index contributed by atoms with van der Waals surface area (Å²) >= 11 is 0. The number of hydrogen-bond acceptors (Lipinski definition) is 5. The van der Waals surface area contributed by atoms with Crippen LogP contribution in [-0.4, -0.2) is 18.2 Å². The molecule has 0 amide bonds.